The number of imidazole rings is 1. The number of guanidine groups is 1. The van der Waals surface area contributed by atoms with Crippen LogP contribution in [-0.4, -0.2) is 21.0 Å². The molecule has 0 amide bonds. The summed E-state index contributed by atoms with van der Waals surface area (Å²) in [5.74, 6) is 0.474. The van der Waals surface area contributed by atoms with Crippen molar-refractivity contribution in [2.75, 3.05) is 0 Å². The number of para-hydroxylation sites is 2. The average molecular weight is 335 g/mol. The molecule has 1 heterocycles. The van der Waals surface area contributed by atoms with Gasteiger partial charge in [-0.15, -0.1) is 0 Å². The summed E-state index contributed by atoms with van der Waals surface area (Å²) in [5.41, 5.74) is 10.4. The third kappa shape index (κ3) is 4.59. The Hall–Kier alpha value is -2.82. The van der Waals surface area contributed by atoms with E-state index in [4.69, 9.17) is 5.73 Å². The van der Waals surface area contributed by atoms with Crippen LogP contribution in [0.2, 0.25) is 0 Å². The Morgan fingerprint density at radius 2 is 1.76 bits per heavy atom. The van der Waals surface area contributed by atoms with Gasteiger partial charge in [-0.2, -0.15) is 0 Å². The van der Waals surface area contributed by atoms with Gasteiger partial charge in [0, 0.05) is 12.1 Å². The molecular formula is C20H25N5. The van der Waals surface area contributed by atoms with E-state index in [-0.39, 0.29) is 5.54 Å². The van der Waals surface area contributed by atoms with E-state index in [0.717, 1.165) is 23.1 Å². The molecule has 130 valence electrons. The minimum absolute atomic E-state index is 0.0784. The SMILES string of the molecule is CC(C)(C)NC(N)=NCc1ccc(Cn2cnc3ccccc32)cc1. The second-order valence-electron chi connectivity index (χ2n) is 7.25. The molecule has 25 heavy (non-hydrogen) atoms. The van der Waals surface area contributed by atoms with Crippen LogP contribution in [0.3, 0.4) is 0 Å². The zero-order valence-electron chi connectivity index (χ0n) is 15.0. The number of nitrogens with one attached hydrogen (secondary N) is 1. The lowest BCUT2D eigenvalue weighted by Crippen LogP contribution is -2.44. The van der Waals surface area contributed by atoms with Gasteiger partial charge in [0.15, 0.2) is 5.96 Å². The molecule has 0 atom stereocenters. The molecule has 0 bridgehead atoms. The van der Waals surface area contributed by atoms with Gasteiger partial charge >= 0.3 is 0 Å². The molecular weight excluding hydrogens is 310 g/mol. The fourth-order valence-electron chi connectivity index (χ4n) is 2.68. The highest BCUT2D eigenvalue weighted by atomic mass is 15.1. The molecule has 1 aromatic heterocycles. The Morgan fingerprint density at radius 1 is 1.08 bits per heavy atom. The predicted molar refractivity (Wildman–Crippen MR) is 103 cm³/mol. The molecule has 0 unspecified atom stereocenters. The fraction of sp³-hybridized carbons (Fsp3) is 0.300. The number of hydrogen-bond acceptors (Lipinski definition) is 2. The molecule has 0 aliphatic carbocycles. The average Bonchev–Trinajstić information content (AvgIpc) is 2.96. The minimum atomic E-state index is -0.0784. The predicted octanol–water partition coefficient (Wildman–Crippen LogP) is 3.29. The number of hydrogen-bond donors (Lipinski definition) is 2. The van der Waals surface area contributed by atoms with Crippen molar-refractivity contribution in [3.63, 3.8) is 0 Å². The monoisotopic (exact) mass is 335 g/mol. The molecule has 2 aromatic carbocycles. The molecule has 5 nitrogen and oxygen atoms in total. The number of fused-ring (bicyclic) bond motifs is 1. The Morgan fingerprint density at radius 3 is 2.48 bits per heavy atom. The van der Waals surface area contributed by atoms with Crippen molar-refractivity contribution in [3.05, 3.63) is 66.0 Å². The lowest BCUT2D eigenvalue weighted by atomic mass is 10.1. The van der Waals surface area contributed by atoms with Crippen LogP contribution in [0.1, 0.15) is 31.9 Å². The first-order chi connectivity index (χ1) is 11.9. The number of rotatable bonds is 4. The second kappa shape index (κ2) is 6.97. The van der Waals surface area contributed by atoms with Gasteiger partial charge in [-0.1, -0.05) is 36.4 Å². The van der Waals surface area contributed by atoms with E-state index in [2.05, 4.69) is 71.0 Å². The van der Waals surface area contributed by atoms with Gasteiger partial charge < -0.3 is 15.6 Å². The first-order valence-electron chi connectivity index (χ1n) is 8.46. The van der Waals surface area contributed by atoms with E-state index in [0.29, 0.717) is 12.5 Å². The van der Waals surface area contributed by atoms with Gasteiger partial charge in [0.05, 0.1) is 23.9 Å². The van der Waals surface area contributed by atoms with Crippen molar-refractivity contribution in [1.82, 2.24) is 14.9 Å². The summed E-state index contributed by atoms with van der Waals surface area (Å²) >= 11 is 0. The quantitative estimate of drug-likeness (QED) is 0.568. The number of aliphatic imine (C=N–C) groups is 1. The van der Waals surface area contributed by atoms with Crippen LogP contribution < -0.4 is 11.1 Å². The maximum atomic E-state index is 5.91. The van der Waals surface area contributed by atoms with E-state index in [9.17, 15) is 0 Å². The van der Waals surface area contributed by atoms with Gasteiger partial charge in [0.1, 0.15) is 0 Å². The van der Waals surface area contributed by atoms with Crippen molar-refractivity contribution >= 4 is 17.0 Å². The van der Waals surface area contributed by atoms with Gasteiger partial charge in [-0.25, -0.2) is 9.98 Å². The van der Waals surface area contributed by atoms with Crippen molar-refractivity contribution in [2.45, 2.75) is 39.4 Å². The Balaban J connectivity index is 1.65. The highest BCUT2D eigenvalue weighted by molar-refractivity contribution is 5.78. The topological polar surface area (TPSA) is 68.2 Å². The summed E-state index contributed by atoms with van der Waals surface area (Å²) in [4.78, 5) is 8.83. The van der Waals surface area contributed by atoms with E-state index in [1.54, 1.807) is 0 Å². The highest BCUT2D eigenvalue weighted by Crippen LogP contribution is 2.14. The van der Waals surface area contributed by atoms with Crippen molar-refractivity contribution in [1.29, 1.82) is 0 Å². The number of aromatic nitrogens is 2. The van der Waals surface area contributed by atoms with Crippen molar-refractivity contribution in [3.8, 4) is 0 Å². The minimum Gasteiger partial charge on any atom is -0.370 e. The lowest BCUT2D eigenvalue weighted by Gasteiger charge is -2.21. The first-order valence-corrected chi connectivity index (χ1v) is 8.46. The smallest absolute Gasteiger partial charge is 0.189 e. The lowest BCUT2D eigenvalue weighted by molar-refractivity contribution is 0.508. The molecule has 3 aromatic rings. The summed E-state index contributed by atoms with van der Waals surface area (Å²) in [5, 5.41) is 3.16. The maximum absolute atomic E-state index is 5.91. The van der Waals surface area contributed by atoms with Crippen molar-refractivity contribution < 1.29 is 0 Å². The molecule has 0 aliphatic rings. The van der Waals surface area contributed by atoms with Crippen molar-refractivity contribution in [2.24, 2.45) is 10.7 Å². The van der Waals surface area contributed by atoms with Crippen LogP contribution in [0.25, 0.3) is 11.0 Å². The highest BCUT2D eigenvalue weighted by Gasteiger charge is 2.09. The zero-order chi connectivity index (χ0) is 17.9. The van der Waals surface area contributed by atoms with Crippen LogP contribution in [0.4, 0.5) is 0 Å². The molecule has 0 spiro atoms. The van der Waals surface area contributed by atoms with Gasteiger partial charge in [-0.3, -0.25) is 0 Å². The normalized spacial score (nSPS) is 12.5. The van der Waals surface area contributed by atoms with E-state index < -0.39 is 0 Å². The molecule has 0 radical (unpaired) electrons. The van der Waals surface area contributed by atoms with Crippen LogP contribution in [0.15, 0.2) is 59.9 Å². The zero-order valence-corrected chi connectivity index (χ0v) is 15.0. The van der Waals surface area contributed by atoms with Gasteiger partial charge in [0.2, 0.25) is 0 Å². The molecule has 5 heteroatoms. The third-order valence-electron chi connectivity index (χ3n) is 3.84. The van der Waals surface area contributed by atoms with E-state index in [1.165, 1.54) is 5.56 Å². The molecule has 0 aliphatic heterocycles. The first kappa shape index (κ1) is 17.0. The van der Waals surface area contributed by atoms with Crippen LogP contribution in [0.5, 0.6) is 0 Å². The molecule has 3 rings (SSSR count). The second-order valence-corrected chi connectivity index (χ2v) is 7.25. The Labute approximate surface area is 148 Å². The summed E-state index contributed by atoms with van der Waals surface area (Å²) in [6.07, 6.45) is 1.89. The Bertz CT molecular complexity index is 869. The summed E-state index contributed by atoms with van der Waals surface area (Å²) in [6, 6.07) is 16.6. The molecule has 0 saturated heterocycles. The number of benzene rings is 2. The third-order valence-corrected chi connectivity index (χ3v) is 3.84. The van der Waals surface area contributed by atoms with Crippen LogP contribution in [0, 0.1) is 0 Å². The fourth-order valence-corrected chi connectivity index (χ4v) is 2.68. The molecule has 3 N–H and O–H groups in total. The van der Waals surface area contributed by atoms with Crippen LogP contribution >= 0.6 is 0 Å². The van der Waals surface area contributed by atoms with E-state index in [1.807, 2.05) is 24.5 Å². The maximum Gasteiger partial charge on any atom is 0.189 e. The summed E-state index contributed by atoms with van der Waals surface area (Å²) in [6.45, 7) is 7.55. The van der Waals surface area contributed by atoms with Gasteiger partial charge in [-0.05, 0) is 44.0 Å². The summed E-state index contributed by atoms with van der Waals surface area (Å²) < 4.78 is 2.16. The molecule has 0 saturated carbocycles. The van der Waals surface area contributed by atoms with Gasteiger partial charge in [0.25, 0.3) is 0 Å². The standard InChI is InChI=1S/C20H25N5/c1-20(2,3)24-19(21)22-12-15-8-10-16(11-9-15)13-25-14-23-17-6-4-5-7-18(17)25/h4-11,14H,12-13H2,1-3H3,(H3,21,22,24). The van der Waals surface area contributed by atoms with E-state index >= 15 is 0 Å². The number of nitrogens with zero attached hydrogens (tertiary/aromatic N) is 3. The number of nitrogens with two attached hydrogens (primary N) is 1. The summed E-state index contributed by atoms with van der Waals surface area (Å²) in [7, 11) is 0. The van der Waals surface area contributed by atoms with Crippen LogP contribution in [-0.2, 0) is 13.1 Å². The Kier molecular flexibility index (Phi) is 4.74. The largest absolute Gasteiger partial charge is 0.370 e. The molecule has 0 fully saturated rings.